The molecule has 1 aromatic rings. The Morgan fingerprint density at radius 2 is 1.55 bits per heavy atom. The van der Waals surface area contributed by atoms with Gasteiger partial charge in [-0.3, -0.25) is 4.90 Å². The monoisotopic (exact) mass is 276 g/mol. The number of benzene rings is 1. The van der Waals surface area contributed by atoms with Gasteiger partial charge in [-0.2, -0.15) is 0 Å². The molecule has 0 bridgehead atoms. The summed E-state index contributed by atoms with van der Waals surface area (Å²) < 4.78 is 0. The third-order valence-corrected chi connectivity index (χ3v) is 4.15. The fraction of sp³-hybridized carbons (Fsp3) is 0.667. The van der Waals surface area contributed by atoms with E-state index < -0.39 is 0 Å². The average molecular weight is 276 g/mol. The van der Waals surface area contributed by atoms with Crippen LogP contribution in [0, 0.1) is 5.41 Å². The van der Waals surface area contributed by atoms with Gasteiger partial charge in [0, 0.05) is 12.6 Å². The van der Waals surface area contributed by atoms with Crippen LogP contribution in [-0.4, -0.2) is 25.0 Å². The topological polar surface area (TPSA) is 29.3 Å². The van der Waals surface area contributed by atoms with E-state index in [2.05, 4.69) is 77.8 Å². The first-order valence-electron chi connectivity index (χ1n) is 7.57. The van der Waals surface area contributed by atoms with Crippen molar-refractivity contribution in [3.05, 3.63) is 35.4 Å². The van der Waals surface area contributed by atoms with Gasteiger partial charge < -0.3 is 5.73 Å². The van der Waals surface area contributed by atoms with Crippen molar-refractivity contribution in [3.63, 3.8) is 0 Å². The van der Waals surface area contributed by atoms with E-state index in [0.29, 0.717) is 12.6 Å². The van der Waals surface area contributed by atoms with E-state index >= 15 is 0 Å². The lowest BCUT2D eigenvalue weighted by Crippen LogP contribution is -2.37. The highest BCUT2D eigenvalue weighted by Gasteiger charge is 2.22. The zero-order chi connectivity index (χ0) is 15.6. The van der Waals surface area contributed by atoms with Gasteiger partial charge in [0.1, 0.15) is 0 Å². The summed E-state index contributed by atoms with van der Waals surface area (Å²) in [5, 5.41) is 0. The van der Waals surface area contributed by atoms with Crippen LogP contribution in [0.4, 0.5) is 0 Å². The number of rotatable bonds is 5. The maximum absolute atomic E-state index is 5.83. The van der Waals surface area contributed by atoms with Gasteiger partial charge >= 0.3 is 0 Å². The van der Waals surface area contributed by atoms with E-state index in [4.69, 9.17) is 5.73 Å². The zero-order valence-corrected chi connectivity index (χ0v) is 14.3. The standard InChI is InChI=1S/C18H32N2/c1-14(20(7)13-18(5,6)12-19)15-8-10-16(11-9-15)17(2,3)4/h8-11,14H,12-13,19H2,1-7H3. The van der Waals surface area contributed by atoms with Crippen molar-refractivity contribution in [2.75, 3.05) is 20.1 Å². The molecule has 0 aliphatic carbocycles. The number of nitrogens with zero attached hydrogens (tertiary/aromatic N) is 1. The SMILES string of the molecule is CC(c1ccc(C(C)(C)C)cc1)N(C)CC(C)(C)CN. The highest BCUT2D eigenvalue weighted by atomic mass is 15.1. The zero-order valence-electron chi connectivity index (χ0n) is 14.3. The lowest BCUT2D eigenvalue weighted by atomic mass is 9.86. The Kier molecular flexibility index (Phi) is 5.39. The van der Waals surface area contributed by atoms with E-state index in [-0.39, 0.29) is 10.8 Å². The molecule has 2 N–H and O–H groups in total. The van der Waals surface area contributed by atoms with Crippen LogP contribution < -0.4 is 5.73 Å². The second-order valence-corrected chi connectivity index (χ2v) is 7.83. The lowest BCUT2D eigenvalue weighted by Gasteiger charge is -2.33. The summed E-state index contributed by atoms with van der Waals surface area (Å²) >= 11 is 0. The highest BCUT2D eigenvalue weighted by molar-refractivity contribution is 5.29. The molecule has 2 heteroatoms. The van der Waals surface area contributed by atoms with E-state index in [1.54, 1.807) is 0 Å². The molecule has 0 saturated heterocycles. The first-order chi connectivity index (χ1) is 9.07. The Labute approximate surface area is 125 Å². The lowest BCUT2D eigenvalue weighted by molar-refractivity contribution is 0.174. The number of hydrogen-bond donors (Lipinski definition) is 1. The van der Waals surface area contributed by atoms with E-state index in [0.717, 1.165) is 6.54 Å². The van der Waals surface area contributed by atoms with E-state index in [9.17, 15) is 0 Å². The maximum Gasteiger partial charge on any atom is 0.0317 e. The minimum atomic E-state index is 0.161. The van der Waals surface area contributed by atoms with Gasteiger partial charge in [0.2, 0.25) is 0 Å². The molecule has 0 saturated carbocycles. The Hall–Kier alpha value is -0.860. The molecule has 0 fully saturated rings. The molecule has 1 unspecified atom stereocenters. The molecule has 0 aromatic heterocycles. The highest BCUT2D eigenvalue weighted by Crippen LogP contribution is 2.27. The second-order valence-electron chi connectivity index (χ2n) is 7.83. The molecule has 0 aliphatic heterocycles. The summed E-state index contributed by atoms with van der Waals surface area (Å²) in [5.74, 6) is 0. The fourth-order valence-corrected chi connectivity index (χ4v) is 2.39. The third kappa shape index (κ3) is 4.60. The van der Waals surface area contributed by atoms with Gasteiger partial charge in [0.25, 0.3) is 0 Å². The summed E-state index contributed by atoms with van der Waals surface area (Å²) in [5.41, 5.74) is 8.97. The Morgan fingerprint density at radius 1 is 1.05 bits per heavy atom. The summed E-state index contributed by atoms with van der Waals surface area (Å²) in [4.78, 5) is 2.39. The largest absolute Gasteiger partial charge is 0.330 e. The molecule has 0 radical (unpaired) electrons. The van der Waals surface area contributed by atoms with Gasteiger partial charge in [0.05, 0.1) is 0 Å². The Morgan fingerprint density at radius 3 is 1.95 bits per heavy atom. The Bertz CT molecular complexity index is 412. The molecule has 114 valence electrons. The van der Waals surface area contributed by atoms with Crippen molar-refractivity contribution in [2.24, 2.45) is 11.1 Å². The molecule has 0 heterocycles. The van der Waals surface area contributed by atoms with Crippen molar-refractivity contribution in [1.82, 2.24) is 4.90 Å². The number of hydrogen-bond acceptors (Lipinski definition) is 2. The molecule has 1 rings (SSSR count). The molecule has 2 nitrogen and oxygen atoms in total. The van der Waals surface area contributed by atoms with E-state index in [1.165, 1.54) is 11.1 Å². The minimum absolute atomic E-state index is 0.161. The van der Waals surface area contributed by atoms with Crippen molar-refractivity contribution in [3.8, 4) is 0 Å². The van der Waals surface area contributed by atoms with Crippen molar-refractivity contribution < 1.29 is 0 Å². The predicted molar refractivity (Wildman–Crippen MR) is 89.0 cm³/mol. The van der Waals surface area contributed by atoms with Crippen LogP contribution in [0.3, 0.4) is 0 Å². The van der Waals surface area contributed by atoms with Crippen LogP contribution in [0.5, 0.6) is 0 Å². The molecule has 0 spiro atoms. The summed E-state index contributed by atoms with van der Waals surface area (Å²) in [6.07, 6.45) is 0. The predicted octanol–water partition coefficient (Wildman–Crippen LogP) is 3.96. The molecule has 1 atom stereocenters. The van der Waals surface area contributed by atoms with Gasteiger partial charge in [-0.25, -0.2) is 0 Å². The minimum Gasteiger partial charge on any atom is -0.330 e. The second kappa shape index (κ2) is 6.28. The number of nitrogens with two attached hydrogens (primary N) is 1. The van der Waals surface area contributed by atoms with Gasteiger partial charge in [0.15, 0.2) is 0 Å². The maximum atomic E-state index is 5.83. The summed E-state index contributed by atoms with van der Waals surface area (Å²) in [7, 11) is 2.18. The van der Waals surface area contributed by atoms with Crippen LogP contribution in [0.25, 0.3) is 0 Å². The first-order valence-corrected chi connectivity index (χ1v) is 7.57. The van der Waals surface area contributed by atoms with E-state index in [1.807, 2.05) is 0 Å². The van der Waals surface area contributed by atoms with Gasteiger partial charge in [-0.15, -0.1) is 0 Å². The summed E-state index contributed by atoms with van der Waals surface area (Å²) in [6.45, 7) is 15.2. The van der Waals surface area contributed by atoms with Crippen molar-refractivity contribution in [2.45, 2.75) is 53.0 Å². The van der Waals surface area contributed by atoms with Crippen LogP contribution in [0.1, 0.15) is 58.7 Å². The quantitative estimate of drug-likeness (QED) is 0.882. The smallest absolute Gasteiger partial charge is 0.0317 e. The molecule has 1 aromatic carbocycles. The first kappa shape index (κ1) is 17.2. The average Bonchev–Trinajstić information content (AvgIpc) is 2.36. The molecular weight excluding hydrogens is 244 g/mol. The third-order valence-electron chi connectivity index (χ3n) is 4.15. The molecular formula is C18H32N2. The van der Waals surface area contributed by atoms with Crippen molar-refractivity contribution >= 4 is 0 Å². The molecule has 0 aliphatic rings. The Balaban J connectivity index is 2.80. The van der Waals surface area contributed by atoms with Crippen LogP contribution >= 0.6 is 0 Å². The van der Waals surface area contributed by atoms with Gasteiger partial charge in [-0.1, -0.05) is 58.9 Å². The van der Waals surface area contributed by atoms with Crippen LogP contribution in [-0.2, 0) is 5.41 Å². The molecule has 20 heavy (non-hydrogen) atoms. The van der Waals surface area contributed by atoms with Crippen molar-refractivity contribution in [1.29, 1.82) is 0 Å². The fourth-order valence-electron chi connectivity index (χ4n) is 2.39. The van der Waals surface area contributed by atoms with Crippen LogP contribution in [0.15, 0.2) is 24.3 Å². The summed E-state index contributed by atoms with van der Waals surface area (Å²) in [6, 6.07) is 9.45. The van der Waals surface area contributed by atoms with Gasteiger partial charge in [-0.05, 0) is 42.5 Å². The normalized spacial score (nSPS) is 14.7. The molecule has 0 amide bonds. The van der Waals surface area contributed by atoms with Crippen LogP contribution in [0.2, 0.25) is 0 Å².